The summed E-state index contributed by atoms with van der Waals surface area (Å²) in [5.74, 6) is 0. The minimum absolute atomic E-state index is 0.476. The van der Waals surface area contributed by atoms with Gasteiger partial charge < -0.3 is 10.2 Å². The molecule has 0 saturated heterocycles. The van der Waals surface area contributed by atoms with Crippen molar-refractivity contribution in [2.45, 2.75) is 32.9 Å². The van der Waals surface area contributed by atoms with Crippen LogP contribution in [0.5, 0.6) is 0 Å². The topological polar surface area (TPSA) is 15.3 Å². The van der Waals surface area contributed by atoms with Crippen molar-refractivity contribution in [2.75, 3.05) is 11.4 Å². The predicted molar refractivity (Wildman–Crippen MR) is 90.6 cm³/mol. The minimum atomic E-state index is 0.476. The zero-order chi connectivity index (χ0) is 14.8. The molecule has 2 nitrogen and oxygen atoms in total. The minimum Gasteiger partial charge on any atom is -0.338 e. The van der Waals surface area contributed by atoms with Crippen molar-refractivity contribution in [3.63, 3.8) is 0 Å². The second-order valence-electron chi connectivity index (χ2n) is 5.61. The summed E-state index contributed by atoms with van der Waals surface area (Å²) >= 11 is 6.19. The third kappa shape index (κ3) is 2.78. The number of fused-ring (bicyclic) bond motifs is 1. The first-order chi connectivity index (χ1) is 10.2. The highest BCUT2D eigenvalue weighted by Gasteiger charge is 2.28. The van der Waals surface area contributed by atoms with Gasteiger partial charge in [-0.25, -0.2) is 0 Å². The van der Waals surface area contributed by atoms with Crippen molar-refractivity contribution in [1.82, 2.24) is 5.32 Å². The van der Waals surface area contributed by atoms with Crippen LogP contribution in [0.2, 0.25) is 5.02 Å². The molecule has 1 atom stereocenters. The van der Waals surface area contributed by atoms with Crippen LogP contribution < -0.4 is 10.2 Å². The summed E-state index contributed by atoms with van der Waals surface area (Å²) in [5, 5.41) is 4.21. The van der Waals surface area contributed by atoms with Gasteiger partial charge in [-0.15, -0.1) is 0 Å². The van der Waals surface area contributed by atoms with Gasteiger partial charge in [-0.3, -0.25) is 0 Å². The van der Waals surface area contributed by atoms with Gasteiger partial charge in [0.1, 0.15) is 0 Å². The monoisotopic (exact) mass is 300 g/mol. The van der Waals surface area contributed by atoms with E-state index in [1.54, 1.807) is 0 Å². The molecule has 110 valence electrons. The maximum Gasteiger partial charge on any atom is 0.0460 e. The molecule has 0 aromatic heterocycles. The molecule has 0 spiro atoms. The van der Waals surface area contributed by atoms with Crippen LogP contribution in [0.1, 0.15) is 25.0 Å². The van der Waals surface area contributed by atoms with Crippen LogP contribution in [0, 0.1) is 0 Å². The van der Waals surface area contributed by atoms with Crippen molar-refractivity contribution in [3.8, 4) is 0 Å². The first kappa shape index (κ1) is 14.4. The SMILES string of the molecule is CCNCc1cc(Cl)ccc1N1c2ccccc2CC1C. The van der Waals surface area contributed by atoms with Crippen LogP contribution in [0.3, 0.4) is 0 Å². The first-order valence-corrected chi connectivity index (χ1v) is 7.94. The molecule has 0 amide bonds. The molecule has 3 heteroatoms. The van der Waals surface area contributed by atoms with Gasteiger partial charge in [-0.2, -0.15) is 0 Å². The predicted octanol–water partition coefficient (Wildman–Crippen LogP) is 4.53. The molecule has 3 rings (SSSR count). The van der Waals surface area contributed by atoms with Crippen LogP contribution in [0.15, 0.2) is 42.5 Å². The molecule has 1 heterocycles. The lowest BCUT2D eigenvalue weighted by atomic mass is 10.1. The van der Waals surface area contributed by atoms with Crippen LogP contribution in [0.4, 0.5) is 11.4 Å². The molecular formula is C18H21ClN2. The van der Waals surface area contributed by atoms with E-state index in [1.165, 1.54) is 22.5 Å². The maximum atomic E-state index is 6.19. The smallest absolute Gasteiger partial charge is 0.0460 e. The van der Waals surface area contributed by atoms with E-state index >= 15 is 0 Å². The zero-order valence-corrected chi connectivity index (χ0v) is 13.3. The van der Waals surface area contributed by atoms with E-state index in [0.717, 1.165) is 24.5 Å². The fourth-order valence-corrected chi connectivity index (χ4v) is 3.32. The standard InChI is InChI=1S/C18H21ClN2/c1-3-20-12-15-11-16(19)8-9-18(15)21-13(2)10-14-6-4-5-7-17(14)21/h4-9,11,13,20H,3,10,12H2,1-2H3. The van der Waals surface area contributed by atoms with Gasteiger partial charge in [0.25, 0.3) is 0 Å². The Morgan fingerprint density at radius 1 is 1.19 bits per heavy atom. The number of rotatable bonds is 4. The van der Waals surface area contributed by atoms with Crippen LogP contribution in [0.25, 0.3) is 0 Å². The lowest BCUT2D eigenvalue weighted by Gasteiger charge is -2.28. The maximum absolute atomic E-state index is 6.19. The third-order valence-electron chi connectivity index (χ3n) is 4.07. The molecule has 1 N–H and O–H groups in total. The Kier molecular flexibility index (Phi) is 4.18. The lowest BCUT2D eigenvalue weighted by molar-refractivity contribution is 0.714. The van der Waals surface area contributed by atoms with E-state index in [-0.39, 0.29) is 0 Å². The number of hydrogen-bond acceptors (Lipinski definition) is 2. The summed E-state index contributed by atoms with van der Waals surface area (Å²) in [6.45, 7) is 6.21. The van der Waals surface area contributed by atoms with Gasteiger partial charge in [-0.05, 0) is 55.3 Å². The van der Waals surface area contributed by atoms with Crippen molar-refractivity contribution >= 4 is 23.0 Å². The Morgan fingerprint density at radius 2 is 2.00 bits per heavy atom. The third-order valence-corrected chi connectivity index (χ3v) is 4.31. The quantitative estimate of drug-likeness (QED) is 0.892. The molecule has 1 aliphatic rings. The lowest BCUT2D eigenvalue weighted by Crippen LogP contribution is -2.26. The molecule has 0 bridgehead atoms. The summed E-state index contributed by atoms with van der Waals surface area (Å²) in [7, 11) is 0. The van der Waals surface area contributed by atoms with Crippen molar-refractivity contribution in [3.05, 3.63) is 58.6 Å². The molecule has 0 radical (unpaired) electrons. The zero-order valence-electron chi connectivity index (χ0n) is 12.6. The van der Waals surface area contributed by atoms with Crippen LogP contribution in [-0.4, -0.2) is 12.6 Å². The molecule has 21 heavy (non-hydrogen) atoms. The fourth-order valence-electron chi connectivity index (χ4n) is 3.12. The summed E-state index contributed by atoms with van der Waals surface area (Å²) in [6, 6.07) is 15.4. The Morgan fingerprint density at radius 3 is 2.81 bits per heavy atom. The number of anilines is 2. The molecule has 1 unspecified atom stereocenters. The Balaban J connectivity index is 2.04. The number of nitrogens with zero attached hydrogens (tertiary/aromatic N) is 1. The Bertz CT molecular complexity index is 639. The highest BCUT2D eigenvalue weighted by atomic mass is 35.5. The normalized spacial score (nSPS) is 17.1. The van der Waals surface area contributed by atoms with E-state index in [1.807, 2.05) is 6.07 Å². The van der Waals surface area contributed by atoms with E-state index < -0.39 is 0 Å². The number of hydrogen-bond donors (Lipinski definition) is 1. The molecule has 2 aromatic carbocycles. The van der Waals surface area contributed by atoms with E-state index in [4.69, 9.17) is 11.6 Å². The van der Waals surface area contributed by atoms with Gasteiger partial charge in [0.15, 0.2) is 0 Å². The highest BCUT2D eigenvalue weighted by Crippen LogP contribution is 2.40. The summed E-state index contributed by atoms with van der Waals surface area (Å²) in [5.41, 5.74) is 5.27. The van der Waals surface area contributed by atoms with E-state index in [0.29, 0.717) is 6.04 Å². The van der Waals surface area contributed by atoms with Gasteiger partial charge in [-0.1, -0.05) is 36.7 Å². The number of benzene rings is 2. The highest BCUT2D eigenvalue weighted by molar-refractivity contribution is 6.30. The van der Waals surface area contributed by atoms with E-state index in [9.17, 15) is 0 Å². The Labute approximate surface area is 131 Å². The largest absolute Gasteiger partial charge is 0.338 e. The van der Waals surface area contributed by atoms with Gasteiger partial charge in [0, 0.05) is 29.0 Å². The number of para-hydroxylation sites is 1. The van der Waals surface area contributed by atoms with Gasteiger partial charge in [0.05, 0.1) is 0 Å². The summed E-state index contributed by atoms with van der Waals surface area (Å²) in [4.78, 5) is 2.44. The van der Waals surface area contributed by atoms with Gasteiger partial charge >= 0.3 is 0 Å². The summed E-state index contributed by atoms with van der Waals surface area (Å²) < 4.78 is 0. The molecular weight excluding hydrogens is 280 g/mol. The second-order valence-corrected chi connectivity index (χ2v) is 6.04. The molecule has 0 fully saturated rings. The molecule has 0 aliphatic carbocycles. The number of nitrogens with one attached hydrogen (secondary N) is 1. The van der Waals surface area contributed by atoms with Crippen molar-refractivity contribution < 1.29 is 0 Å². The second kappa shape index (κ2) is 6.08. The Hall–Kier alpha value is -1.51. The molecule has 1 aliphatic heterocycles. The van der Waals surface area contributed by atoms with Crippen molar-refractivity contribution in [1.29, 1.82) is 0 Å². The van der Waals surface area contributed by atoms with E-state index in [2.05, 4.69) is 60.5 Å². The average Bonchev–Trinajstić information content (AvgIpc) is 2.81. The van der Waals surface area contributed by atoms with Crippen molar-refractivity contribution in [2.24, 2.45) is 0 Å². The molecule has 0 saturated carbocycles. The van der Waals surface area contributed by atoms with Crippen LogP contribution >= 0.6 is 11.6 Å². The van der Waals surface area contributed by atoms with Gasteiger partial charge in [0.2, 0.25) is 0 Å². The fraction of sp³-hybridized carbons (Fsp3) is 0.333. The molecule has 2 aromatic rings. The number of halogens is 1. The first-order valence-electron chi connectivity index (χ1n) is 7.57. The van der Waals surface area contributed by atoms with Crippen LogP contribution in [-0.2, 0) is 13.0 Å². The summed E-state index contributed by atoms with van der Waals surface area (Å²) in [6.07, 6.45) is 1.10. The average molecular weight is 301 g/mol.